The molecule has 0 unspecified atom stereocenters. The zero-order chi connectivity index (χ0) is 17.8. The van der Waals surface area contributed by atoms with E-state index in [1.165, 1.54) is 13.1 Å². The Kier molecular flexibility index (Phi) is 4.78. The third-order valence-electron chi connectivity index (χ3n) is 3.94. The van der Waals surface area contributed by atoms with E-state index in [1.807, 2.05) is 0 Å². The smallest absolute Gasteiger partial charge is 0.274 e. The number of benzene rings is 1. The van der Waals surface area contributed by atoms with Gasteiger partial charge in [-0.25, -0.2) is 0 Å². The summed E-state index contributed by atoms with van der Waals surface area (Å²) in [4.78, 5) is 37.8. The Bertz CT molecular complexity index is 808. The van der Waals surface area contributed by atoms with E-state index < -0.39 is 0 Å². The molecule has 2 aromatic rings. The largest absolute Gasteiger partial charge is 0.337 e. The Morgan fingerprint density at radius 1 is 1.16 bits per heavy atom. The number of aromatic nitrogens is 2. The first-order chi connectivity index (χ1) is 12.0. The molecule has 1 aromatic carbocycles. The fraction of sp³-hybridized carbons (Fsp3) is 0.294. The summed E-state index contributed by atoms with van der Waals surface area (Å²) >= 11 is 0. The highest BCUT2D eigenvalue weighted by Gasteiger charge is 2.24. The van der Waals surface area contributed by atoms with Gasteiger partial charge in [-0.3, -0.25) is 19.5 Å². The van der Waals surface area contributed by atoms with Crippen LogP contribution in [-0.2, 0) is 4.79 Å². The van der Waals surface area contributed by atoms with Crippen molar-refractivity contribution in [3.05, 3.63) is 41.7 Å². The van der Waals surface area contributed by atoms with Gasteiger partial charge in [0, 0.05) is 31.3 Å². The second-order valence-electron chi connectivity index (χ2n) is 5.87. The number of aromatic amines is 1. The zero-order valence-corrected chi connectivity index (χ0v) is 13.8. The highest BCUT2D eigenvalue weighted by molar-refractivity contribution is 6.08. The third-order valence-corrected chi connectivity index (χ3v) is 3.94. The summed E-state index contributed by atoms with van der Waals surface area (Å²) in [6.45, 7) is 2.82. The number of carbonyl (C=O) groups is 3. The van der Waals surface area contributed by atoms with Gasteiger partial charge in [0.2, 0.25) is 5.91 Å². The molecule has 0 saturated carbocycles. The van der Waals surface area contributed by atoms with E-state index >= 15 is 0 Å². The zero-order valence-electron chi connectivity index (χ0n) is 13.8. The Morgan fingerprint density at radius 2 is 1.92 bits per heavy atom. The van der Waals surface area contributed by atoms with Crippen molar-refractivity contribution in [1.29, 1.82) is 0 Å². The topological polar surface area (TPSA) is 107 Å². The van der Waals surface area contributed by atoms with Crippen LogP contribution in [0.4, 0.5) is 11.4 Å². The van der Waals surface area contributed by atoms with Gasteiger partial charge in [0.25, 0.3) is 11.8 Å². The summed E-state index contributed by atoms with van der Waals surface area (Å²) in [5, 5.41) is 11.9. The van der Waals surface area contributed by atoms with Gasteiger partial charge in [0.1, 0.15) is 5.69 Å². The van der Waals surface area contributed by atoms with Crippen molar-refractivity contribution >= 4 is 29.1 Å². The van der Waals surface area contributed by atoms with E-state index in [0.717, 1.165) is 12.8 Å². The molecule has 1 aliphatic rings. The van der Waals surface area contributed by atoms with Crippen molar-refractivity contribution in [2.24, 2.45) is 0 Å². The fourth-order valence-corrected chi connectivity index (χ4v) is 2.76. The minimum Gasteiger partial charge on any atom is -0.337 e. The van der Waals surface area contributed by atoms with Crippen molar-refractivity contribution in [2.45, 2.75) is 19.8 Å². The average Bonchev–Trinajstić information content (AvgIpc) is 3.25. The van der Waals surface area contributed by atoms with E-state index in [0.29, 0.717) is 30.0 Å². The molecule has 0 aliphatic carbocycles. The molecular weight excluding hydrogens is 322 g/mol. The molecule has 1 aliphatic heterocycles. The number of nitrogens with zero attached hydrogens (tertiary/aromatic N) is 2. The molecule has 1 saturated heterocycles. The molecule has 1 aromatic heterocycles. The summed E-state index contributed by atoms with van der Waals surface area (Å²) in [6.07, 6.45) is 3.38. The highest BCUT2D eigenvalue weighted by Crippen LogP contribution is 2.19. The van der Waals surface area contributed by atoms with Gasteiger partial charge < -0.3 is 15.5 Å². The molecule has 3 amide bonds. The van der Waals surface area contributed by atoms with Crippen molar-refractivity contribution in [2.75, 3.05) is 23.7 Å². The Morgan fingerprint density at radius 3 is 2.64 bits per heavy atom. The Labute approximate surface area is 144 Å². The Hall–Kier alpha value is -3.16. The molecule has 8 heteroatoms. The second-order valence-corrected chi connectivity index (χ2v) is 5.87. The number of rotatable bonds is 4. The molecule has 130 valence electrons. The van der Waals surface area contributed by atoms with Crippen LogP contribution in [-0.4, -0.2) is 45.9 Å². The lowest BCUT2D eigenvalue weighted by molar-refractivity contribution is -0.114. The Balaban J connectivity index is 1.74. The summed E-state index contributed by atoms with van der Waals surface area (Å²) < 4.78 is 0. The van der Waals surface area contributed by atoms with Crippen LogP contribution in [0.3, 0.4) is 0 Å². The molecular formula is C17H19N5O3. The van der Waals surface area contributed by atoms with E-state index in [1.54, 1.807) is 29.2 Å². The minimum atomic E-state index is -0.385. The van der Waals surface area contributed by atoms with Gasteiger partial charge >= 0.3 is 0 Å². The fourth-order valence-electron chi connectivity index (χ4n) is 2.76. The van der Waals surface area contributed by atoms with Crippen LogP contribution >= 0.6 is 0 Å². The maximum Gasteiger partial charge on any atom is 0.274 e. The monoisotopic (exact) mass is 341 g/mol. The molecule has 2 heterocycles. The van der Waals surface area contributed by atoms with E-state index in [9.17, 15) is 14.4 Å². The number of carbonyl (C=O) groups excluding carboxylic acids is 3. The first-order valence-corrected chi connectivity index (χ1v) is 8.06. The highest BCUT2D eigenvalue weighted by atomic mass is 16.2. The molecule has 0 radical (unpaired) electrons. The quantitative estimate of drug-likeness (QED) is 0.789. The first kappa shape index (κ1) is 16.7. The van der Waals surface area contributed by atoms with Crippen LogP contribution in [0.25, 0.3) is 0 Å². The molecule has 0 bridgehead atoms. The number of amides is 3. The molecule has 0 spiro atoms. The van der Waals surface area contributed by atoms with Crippen LogP contribution in [0.15, 0.2) is 30.5 Å². The van der Waals surface area contributed by atoms with Crippen molar-refractivity contribution in [3.63, 3.8) is 0 Å². The summed E-state index contributed by atoms with van der Waals surface area (Å²) in [5.41, 5.74) is 1.51. The number of nitrogens with one attached hydrogen (secondary N) is 3. The van der Waals surface area contributed by atoms with Gasteiger partial charge in [-0.05, 0) is 31.0 Å². The van der Waals surface area contributed by atoms with Crippen LogP contribution in [0.5, 0.6) is 0 Å². The molecule has 25 heavy (non-hydrogen) atoms. The molecule has 3 rings (SSSR count). The second kappa shape index (κ2) is 7.16. The predicted octanol–water partition coefficient (Wildman–Crippen LogP) is 1.86. The lowest BCUT2D eigenvalue weighted by Gasteiger charge is -2.15. The van der Waals surface area contributed by atoms with E-state index in [4.69, 9.17) is 0 Å². The SMILES string of the molecule is CC(=O)Nc1cccc(C(=O)Nc2cn[nH]c2C(=O)N2CCCC2)c1. The van der Waals surface area contributed by atoms with Gasteiger partial charge in [0.15, 0.2) is 0 Å². The maximum absolute atomic E-state index is 12.5. The molecule has 1 fully saturated rings. The summed E-state index contributed by atoms with van der Waals surface area (Å²) in [5.74, 6) is -0.771. The number of anilines is 2. The number of hydrogen-bond acceptors (Lipinski definition) is 4. The number of H-pyrrole nitrogens is 1. The third kappa shape index (κ3) is 3.85. The van der Waals surface area contributed by atoms with Gasteiger partial charge in [-0.1, -0.05) is 6.07 Å². The minimum absolute atomic E-state index is 0.169. The molecule has 3 N–H and O–H groups in total. The van der Waals surface area contributed by atoms with Gasteiger partial charge in [-0.15, -0.1) is 0 Å². The van der Waals surface area contributed by atoms with Crippen molar-refractivity contribution in [1.82, 2.24) is 15.1 Å². The average molecular weight is 341 g/mol. The maximum atomic E-state index is 12.5. The van der Waals surface area contributed by atoms with Crippen LogP contribution in [0.1, 0.15) is 40.6 Å². The van der Waals surface area contributed by atoms with Gasteiger partial charge in [-0.2, -0.15) is 5.10 Å². The van der Waals surface area contributed by atoms with Crippen LogP contribution in [0.2, 0.25) is 0 Å². The summed E-state index contributed by atoms with van der Waals surface area (Å²) in [6, 6.07) is 6.56. The summed E-state index contributed by atoms with van der Waals surface area (Å²) in [7, 11) is 0. The van der Waals surface area contributed by atoms with Gasteiger partial charge in [0.05, 0.1) is 11.9 Å². The lowest BCUT2D eigenvalue weighted by atomic mass is 10.2. The first-order valence-electron chi connectivity index (χ1n) is 8.06. The predicted molar refractivity (Wildman–Crippen MR) is 92.4 cm³/mol. The standard InChI is InChI=1S/C17H19N5O3/c1-11(23)19-13-6-4-5-12(9-13)16(24)20-14-10-18-21-15(14)17(25)22-7-2-3-8-22/h4-6,9-10H,2-3,7-8H2,1H3,(H,18,21)(H,19,23)(H,20,24). The lowest BCUT2D eigenvalue weighted by Crippen LogP contribution is -2.29. The molecule has 8 nitrogen and oxygen atoms in total. The van der Waals surface area contributed by atoms with Crippen LogP contribution in [0, 0.1) is 0 Å². The van der Waals surface area contributed by atoms with E-state index in [2.05, 4.69) is 20.8 Å². The van der Waals surface area contributed by atoms with E-state index in [-0.39, 0.29) is 23.4 Å². The number of hydrogen-bond donors (Lipinski definition) is 3. The normalized spacial score (nSPS) is 13.6. The van der Waals surface area contributed by atoms with Crippen LogP contribution < -0.4 is 10.6 Å². The van der Waals surface area contributed by atoms with Crippen molar-refractivity contribution in [3.8, 4) is 0 Å². The van der Waals surface area contributed by atoms with Crippen molar-refractivity contribution < 1.29 is 14.4 Å². The number of likely N-dealkylation sites (tertiary alicyclic amines) is 1. The molecule has 0 atom stereocenters.